The molecule has 21 heavy (non-hydrogen) atoms. The summed E-state index contributed by atoms with van der Waals surface area (Å²) >= 11 is 0. The highest BCUT2D eigenvalue weighted by atomic mass is 15.1. The van der Waals surface area contributed by atoms with Gasteiger partial charge in [0.15, 0.2) is 0 Å². The molecule has 0 radical (unpaired) electrons. The minimum Gasteiger partial charge on any atom is -0.363 e. The summed E-state index contributed by atoms with van der Waals surface area (Å²) in [6.45, 7) is 3.40. The lowest BCUT2D eigenvalue weighted by atomic mass is 10.2. The fourth-order valence-electron chi connectivity index (χ4n) is 2.15. The average Bonchev–Trinajstić information content (AvgIpc) is 2.93. The Hall–Kier alpha value is -2.69. The van der Waals surface area contributed by atoms with Crippen molar-refractivity contribution in [2.24, 2.45) is 0 Å². The molecular weight excluding hydrogens is 262 g/mol. The third-order valence-corrected chi connectivity index (χ3v) is 3.23. The lowest BCUT2D eigenvalue weighted by Gasteiger charge is -2.09. The van der Waals surface area contributed by atoms with E-state index in [0.717, 1.165) is 23.9 Å². The monoisotopic (exact) mass is 279 g/mol. The van der Waals surface area contributed by atoms with Crippen LogP contribution in [0, 0.1) is 6.92 Å². The van der Waals surface area contributed by atoms with Crippen molar-refractivity contribution in [3.63, 3.8) is 0 Å². The molecule has 0 saturated heterocycles. The van der Waals surface area contributed by atoms with Crippen LogP contribution in [-0.4, -0.2) is 19.5 Å². The third-order valence-electron chi connectivity index (χ3n) is 3.23. The van der Waals surface area contributed by atoms with Crippen molar-refractivity contribution in [3.8, 4) is 0 Å². The van der Waals surface area contributed by atoms with E-state index in [4.69, 9.17) is 0 Å². The first-order valence-electron chi connectivity index (χ1n) is 6.88. The summed E-state index contributed by atoms with van der Waals surface area (Å²) in [4.78, 5) is 12.7. The molecule has 0 unspecified atom stereocenters. The molecule has 5 heteroatoms. The van der Waals surface area contributed by atoms with Gasteiger partial charge in [-0.1, -0.05) is 30.3 Å². The standard InChI is InChI=1S/C16H17N5/c1-13-9-15(20-12-19-13)18-10-16-17-7-8-21(16)11-14-5-3-2-4-6-14/h2-9,12H,10-11H2,1H3,(H,18,19,20). The summed E-state index contributed by atoms with van der Waals surface area (Å²) in [5, 5.41) is 3.28. The number of aromatic nitrogens is 4. The van der Waals surface area contributed by atoms with Crippen LogP contribution in [0.1, 0.15) is 17.1 Å². The summed E-state index contributed by atoms with van der Waals surface area (Å²) in [7, 11) is 0. The van der Waals surface area contributed by atoms with E-state index in [2.05, 4.69) is 37.0 Å². The van der Waals surface area contributed by atoms with E-state index in [1.54, 1.807) is 6.33 Å². The van der Waals surface area contributed by atoms with Crippen LogP contribution < -0.4 is 5.32 Å². The SMILES string of the molecule is Cc1cc(NCc2nccn2Cc2ccccc2)ncn1. The molecule has 0 atom stereocenters. The van der Waals surface area contributed by atoms with Gasteiger partial charge in [0, 0.05) is 30.7 Å². The summed E-state index contributed by atoms with van der Waals surface area (Å²) in [6, 6.07) is 12.3. The molecule has 1 N–H and O–H groups in total. The van der Waals surface area contributed by atoms with Gasteiger partial charge in [0.25, 0.3) is 0 Å². The van der Waals surface area contributed by atoms with E-state index in [0.29, 0.717) is 6.54 Å². The first kappa shape index (κ1) is 13.3. The maximum absolute atomic E-state index is 4.41. The van der Waals surface area contributed by atoms with Crippen LogP contribution in [0.15, 0.2) is 55.1 Å². The average molecular weight is 279 g/mol. The number of nitrogens with one attached hydrogen (secondary N) is 1. The first-order valence-corrected chi connectivity index (χ1v) is 6.88. The number of hydrogen-bond acceptors (Lipinski definition) is 4. The Bertz CT molecular complexity index is 705. The minimum atomic E-state index is 0.635. The molecule has 0 aliphatic heterocycles. The highest BCUT2D eigenvalue weighted by molar-refractivity contribution is 5.34. The van der Waals surface area contributed by atoms with Crippen LogP contribution in [0.25, 0.3) is 0 Å². The Morgan fingerprint density at radius 1 is 1.10 bits per heavy atom. The largest absolute Gasteiger partial charge is 0.363 e. The molecule has 2 aromatic heterocycles. The molecule has 0 aliphatic rings. The Labute approximate surface area is 123 Å². The van der Waals surface area contributed by atoms with Crippen LogP contribution in [0.2, 0.25) is 0 Å². The predicted molar refractivity (Wildman–Crippen MR) is 81.9 cm³/mol. The zero-order chi connectivity index (χ0) is 14.5. The van der Waals surface area contributed by atoms with E-state index in [-0.39, 0.29) is 0 Å². The maximum atomic E-state index is 4.41. The van der Waals surface area contributed by atoms with E-state index >= 15 is 0 Å². The van der Waals surface area contributed by atoms with Gasteiger partial charge in [-0.25, -0.2) is 15.0 Å². The van der Waals surface area contributed by atoms with Gasteiger partial charge in [-0.2, -0.15) is 0 Å². The van der Waals surface area contributed by atoms with Gasteiger partial charge in [-0.05, 0) is 12.5 Å². The second-order valence-electron chi connectivity index (χ2n) is 4.86. The molecule has 106 valence electrons. The van der Waals surface area contributed by atoms with Crippen LogP contribution in [0.5, 0.6) is 0 Å². The normalized spacial score (nSPS) is 10.5. The number of nitrogens with zero attached hydrogens (tertiary/aromatic N) is 4. The third kappa shape index (κ3) is 3.45. The molecular formula is C16H17N5. The Morgan fingerprint density at radius 3 is 2.76 bits per heavy atom. The van der Waals surface area contributed by atoms with Crippen molar-refractivity contribution in [1.29, 1.82) is 0 Å². The zero-order valence-electron chi connectivity index (χ0n) is 11.9. The Morgan fingerprint density at radius 2 is 1.95 bits per heavy atom. The summed E-state index contributed by atoms with van der Waals surface area (Å²) < 4.78 is 2.14. The maximum Gasteiger partial charge on any atom is 0.129 e. The Balaban J connectivity index is 1.68. The van der Waals surface area contributed by atoms with E-state index in [1.165, 1.54) is 5.56 Å². The van der Waals surface area contributed by atoms with Crippen LogP contribution in [-0.2, 0) is 13.1 Å². The zero-order valence-corrected chi connectivity index (χ0v) is 11.9. The first-order chi connectivity index (χ1) is 10.3. The smallest absolute Gasteiger partial charge is 0.129 e. The summed E-state index contributed by atoms with van der Waals surface area (Å²) in [5.74, 6) is 1.80. The van der Waals surface area contributed by atoms with Crippen molar-refractivity contribution >= 4 is 5.82 Å². The molecule has 2 heterocycles. The number of benzene rings is 1. The number of anilines is 1. The predicted octanol–water partition coefficient (Wildman–Crippen LogP) is 2.64. The minimum absolute atomic E-state index is 0.635. The highest BCUT2D eigenvalue weighted by Gasteiger charge is 2.04. The van der Waals surface area contributed by atoms with Gasteiger partial charge in [0.1, 0.15) is 18.0 Å². The number of aryl methyl sites for hydroxylation is 1. The van der Waals surface area contributed by atoms with Crippen LogP contribution in [0.4, 0.5) is 5.82 Å². The number of rotatable bonds is 5. The molecule has 0 fully saturated rings. The second-order valence-corrected chi connectivity index (χ2v) is 4.86. The van der Waals surface area contributed by atoms with Crippen molar-refractivity contribution in [2.75, 3.05) is 5.32 Å². The fraction of sp³-hybridized carbons (Fsp3) is 0.188. The molecule has 1 aromatic carbocycles. The second kappa shape index (κ2) is 6.17. The van der Waals surface area contributed by atoms with Gasteiger partial charge in [-0.3, -0.25) is 0 Å². The van der Waals surface area contributed by atoms with Crippen molar-refractivity contribution in [2.45, 2.75) is 20.0 Å². The molecule has 3 rings (SSSR count). The summed E-state index contributed by atoms with van der Waals surface area (Å²) in [5.41, 5.74) is 2.20. The van der Waals surface area contributed by atoms with Gasteiger partial charge in [0.2, 0.25) is 0 Å². The van der Waals surface area contributed by atoms with E-state index < -0.39 is 0 Å². The number of imidazole rings is 1. The van der Waals surface area contributed by atoms with E-state index in [9.17, 15) is 0 Å². The molecule has 0 bridgehead atoms. The van der Waals surface area contributed by atoms with Crippen molar-refractivity contribution < 1.29 is 0 Å². The Kier molecular flexibility index (Phi) is 3.91. The molecule has 0 amide bonds. The molecule has 5 nitrogen and oxygen atoms in total. The lowest BCUT2D eigenvalue weighted by molar-refractivity contribution is 0.734. The molecule has 0 aliphatic carbocycles. The van der Waals surface area contributed by atoms with Crippen molar-refractivity contribution in [1.82, 2.24) is 19.5 Å². The van der Waals surface area contributed by atoms with Gasteiger partial charge in [0.05, 0.1) is 6.54 Å². The molecule has 0 saturated carbocycles. The van der Waals surface area contributed by atoms with Crippen molar-refractivity contribution in [3.05, 3.63) is 72.2 Å². The van der Waals surface area contributed by atoms with Gasteiger partial charge >= 0.3 is 0 Å². The van der Waals surface area contributed by atoms with Gasteiger partial charge in [-0.15, -0.1) is 0 Å². The lowest BCUT2D eigenvalue weighted by Crippen LogP contribution is -2.10. The topological polar surface area (TPSA) is 55.6 Å². The van der Waals surface area contributed by atoms with Crippen LogP contribution in [0.3, 0.4) is 0 Å². The number of hydrogen-bond donors (Lipinski definition) is 1. The van der Waals surface area contributed by atoms with Gasteiger partial charge < -0.3 is 9.88 Å². The molecule has 0 spiro atoms. The van der Waals surface area contributed by atoms with E-state index in [1.807, 2.05) is 43.6 Å². The van der Waals surface area contributed by atoms with Crippen LogP contribution >= 0.6 is 0 Å². The molecule has 3 aromatic rings. The fourth-order valence-corrected chi connectivity index (χ4v) is 2.15. The highest BCUT2D eigenvalue weighted by Crippen LogP contribution is 2.08. The summed E-state index contributed by atoms with van der Waals surface area (Å²) in [6.07, 6.45) is 5.38. The quantitative estimate of drug-likeness (QED) is 0.780.